The molecule has 34 valence electrons. The monoisotopic (exact) mass is 112 g/mol. The Morgan fingerprint density at radius 3 is 1.67 bits per heavy atom. The first-order valence-corrected chi connectivity index (χ1v) is 4.50. The van der Waals surface area contributed by atoms with Gasteiger partial charge in [-0.05, 0) is 0 Å². The van der Waals surface area contributed by atoms with Gasteiger partial charge in [-0.25, -0.2) is 0 Å². The summed E-state index contributed by atoms with van der Waals surface area (Å²) in [6, 6.07) is 3.28. The highest BCUT2D eigenvalue weighted by Gasteiger charge is 1.96. The van der Waals surface area contributed by atoms with Crippen LogP contribution in [0.1, 0.15) is 12.8 Å². The lowest BCUT2D eigenvalue weighted by Gasteiger charge is -1.68. The van der Waals surface area contributed by atoms with Gasteiger partial charge in [-0.15, -0.1) is 0 Å². The minimum Gasteiger partial charge on any atom is -0.0628 e. The molecule has 0 amide bonds. The van der Waals surface area contributed by atoms with Crippen molar-refractivity contribution in [1.29, 1.82) is 0 Å². The minimum atomic E-state index is 0. The van der Waals surface area contributed by atoms with E-state index in [0.717, 1.165) is 0 Å². The molecule has 1 rings (SSSR count). The summed E-state index contributed by atoms with van der Waals surface area (Å²) in [7, 11) is 0.543. The van der Waals surface area contributed by atoms with E-state index in [1.54, 1.807) is 24.9 Å². The first-order valence-electron chi connectivity index (χ1n) is 2.50. The smallest absolute Gasteiger partial charge is 0.0628 e. The van der Waals surface area contributed by atoms with Gasteiger partial charge in [0.25, 0.3) is 0 Å². The Balaban J connectivity index is 0.000000250. The molecule has 1 heterocycles. The molecule has 2 heteroatoms. The molecule has 0 unspecified atom stereocenters. The third-order valence-corrected chi connectivity index (χ3v) is 3.25. The number of rotatable bonds is 0. The summed E-state index contributed by atoms with van der Waals surface area (Å²) in [6.07, 6.45) is 3.12. The summed E-state index contributed by atoms with van der Waals surface area (Å²) >= 11 is 0. The summed E-state index contributed by atoms with van der Waals surface area (Å²) in [5.74, 6) is 0. The zero-order chi connectivity index (χ0) is 3.54. The van der Waals surface area contributed by atoms with E-state index in [1.165, 1.54) is 0 Å². The maximum atomic E-state index is 1.64. The standard InChI is InChI=1S/C4H10Si.Mg.2H/c1-2-4-5-3-1;;;/h1-5H2;;;. The molecule has 0 saturated carbocycles. The van der Waals surface area contributed by atoms with Crippen LogP contribution in [0.15, 0.2) is 0 Å². The number of hydrogen-bond donors (Lipinski definition) is 0. The van der Waals surface area contributed by atoms with Crippen LogP contribution in [0.3, 0.4) is 0 Å². The van der Waals surface area contributed by atoms with Gasteiger partial charge >= 0.3 is 23.1 Å². The fourth-order valence-corrected chi connectivity index (χ4v) is 2.65. The Kier molecular flexibility index (Phi) is 4.83. The molecule has 1 aliphatic rings. The van der Waals surface area contributed by atoms with Crippen LogP contribution in [0, 0.1) is 0 Å². The van der Waals surface area contributed by atoms with Crippen molar-refractivity contribution in [3.8, 4) is 0 Å². The Morgan fingerprint density at radius 2 is 1.50 bits per heavy atom. The highest BCUT2D eigenvalue weighted by molar-refractivity contribution is 6.36. The highest BCUT2D eigenvalue weighted by Crippen LogP contribution is 2.09. The van der Waals surface area contributed by atoms with E-state index in [2.05, 4.69) is 0 Å². The third-order valence-electron chi connectivity index (χ3n) is 1.25. The van der Waals surface area contributed by atoms with Crippen LogP contribution in [-0.4, -0.2) is 32.6 Å². The summed E-state index contributed by atoms with van der Waals surface area (Å²) in [6.45, 7) is 0. The van der Waals surface area contributed by atoms with Crippen LogP contribution in [0.5, 0.6) is 0 Å². The molecule has 6 heavy (non-hydrogen) atoms. The lowest BCUT2D eigenvalue weighted by atomic mass is 10.4. The molecule has 0 atom stereocenters. The molecule has 1 fully saturated rings. The van der Waals surface area contributed by atoms with Crippen molar-refractivity contribution in [2.45, 2.75) is 24.9 Å². The van der Waals surface area contributed by atoms with Gasteiger partial charge in [0.05, 0.1) is 0 Å². The summed E-state index contributed by atoms with van der Waals surface area (Å²) in [5, 5.41) is 0. The average Bonchev–Trinajstić information content (AvgIpc) is 1.76. The largest absolute Gasteiger partial charge is 0.316 e. The van der Waals surface area contributed by atoms with Gasteiger partial charge in [-0.2, -0.15) is 0 Å². The van der Waals surface area contributed by atoms with Crippen LogP contribution in [0.25, 0.3) is 0 Å². The molecule has 0 nitrogen and oxygen atoms in total. The molecule has 0 radical (unpaired) electrons. The molecule has 0 aromatic rings. The van der Waals surface area contributed by atoms with Gasteiger partial charge in [0.1, 0.15) is 0 Å². The quantitative estimate of drug-likeness (QED) is 0.383. The zero-order valence-corrected chi connectivity index (χ0v) is 4.95. The average molecular weight is 113 g/mol. The molecule has 0 N–H and O–H groups in total. The Morgan fingerprint density at radius 1 is 1.00 bits per heavy atom. The Hall–Kier alpha value is 0.983. The van der Waals surface area contributed by atoms with Crippen molar-refractivity contribution in [2.24, 2.45) is 0 Å². The van der Waals surface area contributed by atoms with Gasteiger partial charge < -0.3 is 0 Å². The van der Waals surface area contributed by atoms with Gasteiger partial charge in [0.2, 0.25) is 0 Å². The van der Waals surface area contributed by atoms with Crippen LogP contribution in [0.4, 0.5) is 0 Å². The van der Waals surface area contributed by atoms with Crippen LogP contribution in [-0.2, 0) is 0 Å². The van der Waals surface area contributed by atoms with Crippen molar-refractivity contribution < 1.29 is 0 Å². The van der Waals surface area contributed by atoms with Crippen molar-refractivity contribution in [2.75, 3.05) is 0 Å². The van der Waals surface area contributed by atoms with Crippen LogP contribution < -0.4 is 0 Å². The highest BCUT2D eigenvalue weighted by atomic mass is 28.2. The first kappa shape index (κ1) is 6.98. The Bertz CT molecular complexity index is 19.1. The lowest BCUT2D eigenvalue weighted by Crippen LogP contribution is -1.68. The van der Waals surface area contributed by atoms with Crippen molar-refractivity contribution in [3.63, 3.8) is 0 Å². The molecule has 0 spiro atoms. The van der Waals surface area contributed by atoms with Gasteiger partial charge in [-0.3, -0.25) is 0 Å². The predicted octanol–water partition coefficient (Wildman–Crippen LogP) is -0.131. The van der Waals surface area contributed by atoms with Crippen molar-refractivity contribution >= 4 is 32.6 Å². The Labute approximate surface area is 57.7 Å². The van der Waals surface area contributed by atoms with E-state index in [9.17, 15) is 0 Å². The topological polar surface area (TPSA) is 0 Å². The van der Waals surface area contributed by atoms with Crippen molar-refractivity contribution in [3.05, 3.63) is 0 Å². The number of hydrogen-bond acceptors (Lipinski definition) is 0. The van der Waals surface area contributed by atoms with E-state index >= 15 is 0 Å². The molecular weight excluding hydrogens is 100 g/mol. The molecule has 1 saturated heterocycles. The second-order valence-corrected chi connectivity index (χ2v) is 3.89. The second kappa shape index (κ2) is 4.15. The molecule has 0 aliphatic carbocycles. The third kappa shape index (κ3) is 2.21. The summed E-state index contributed by atoms with van der Waals surface area (Å²) < 4.78 is 0. The SMILES string of the molecule is C1CC[SiH2]C1.[MgH2]. The van der Waals surface area contributed by atoms with E-state index in [1.807, 2.05) is 0 Å². The predicted molar refractivity (Wildman–Crippen MR) is 35.9 cm³/mol. The first-order chi connectivity index (χ1) is 2.50. The van der Waals surface area contributed by atoms with Crippen LogP contribution >= 0.6 is 0 Å². The van der Waals surface area contributed by atoms with E-state index in [-0.39, 0.29) is 23.1 Å². The lowest BCUT2D eigenvalue weighted by molar-refractivity contribution is 0.935. The van der Waals surface area contributed by atoms with E-state index < -0.39 is 0 Å². The molecule has 0 bridgehead atoms. The minimum absolute atomic E-state index is 0. The van der Waals surface area contributed by atoms with Crippen LogP contribution in [0.2, 0.25) is 12.1 Å². The summed E-state index contributed by atoms with van der Waals surface area (Å²) in [5.41, 5.74) is 0. The molecule has 0 aromatic carbocycles. The summed E-state index contributed by atoms with van der Waals surface area (Å²) in [4.78, 5) is 0. The maximum absolute atomic E-state index is 1.64. The van der Waals surface area contributed by atoms with Gasteiger partial charge in [0, 0.05) is 9.52 Å². The fraction of sp³-hybridized carbons (Fsp3) is 1.00. The maximum Gasteiger partial charge on any atom is 0.316 e. The zero-order valence-electron chi connectivity index (χ0n) is 3.54. The normalized spacial score (nSPS) is 20.0. The van der Waals surface area contributed by atoms with Gasteiger partial charge in [-0.1, -0.05) is 24.9 Å². The van der Waals surface area contributed by atoms with Crippen molar-refractivity contribution in [1.82, 2.24) is 0 Å². The fourth-order valence-electron chi connectivity index (χ4n) is 0.884. The molecule has 1 aliphatic heterocycles. The van der Waals surface area contributed by atoms with E-state index in [0.29, 0.717) is 9.52 Å². The van der Waals surface area contributed by atoms with E-state index in [4.69, 9.17) is 0 Å². The second-order valence-electron chi connectivity index (χ2n) is 1.77. The van der Waals surface area contributed by atoms with Gasteiger partial charge in [0.15, 0.2) is 0 Å². The molecule has 0 aromatic heterocycles. The molecular formula is C4H12MgSi.